The van der Waals surface area contributed by atoms with Crippen molar-refractivity contribution in [3.63, 3.8) is 0 Å². The van der Waals surface area contributed by atoms with E-state index in [1.807, 2.05) is 6.07 Å². The van der Waals surface area contributed by atoms with Crippen LogP contribution in [0.4, 0.5) is 0 Å². The van der Waals surface area contributed by atoms with Gasteiger partial charge in [0, 0.05) is 32.2 Å². The standard InChI is InChI=1S/C24H25ClN4O6/c1-33-17-7-8-19(28-22(17)35-3)29-23(31)20-16(27-24(29)32)10-14(11-18(20)34-2)21(30)26-12-13-5-4-6-15(25)9-13/h4-10,14,17,22H,11-12H2,1-3H3,(H,26,30)(H,27,32). The van der Waals surface area contributed by atoms with Gasteiger partial charge in [0.2, 0.25) is 5.91 Å². The molecule has 0 spiro atoms. The zero-order valence-corrected chi connectivity index (χ0v) is 20.2. The highest BCUT2D eigenvalue weighted by molar-refractivity contribution is 6.30. The van der Waals surface area contributed by atoms with E-state index in [4.69, 9.17) is 25.8 Å². The number of hydrogen-bond acceptors (Lipinski definition) is 7. The number of fused-ring (bicyclic) bond motifs is 1. The van der Waals surface area contributed by atoms with E-state index in [2.05, 4.69) is 15.3 Å². The molecule has 1 aliphatic carbocycles. The minimum atomic E-state index is -0.715. The third-order valence-electron chi connectivity index (χ3n) is 5.84. The quantitative estimate of drug-likeness (QED) is 0.569. The Morgan fingerprint density at radius 1 is 1.26 bits per heavy atom. The molecule has 4 rings (SSSR count). The first-order chi connectivity index (χ1) is 16.9. The lowest BCUT2D eigenvalue weighted by molar-refractivity contribution is -0.123. The number of allylic oxidation sites excluding steroid dienone is 1. The molecule has 0 saturated heterocycles. The van der Waals surface area contributed by atoms with Gasteiger partial charge in [-0.15, -0.1) is 0 Å². The van der Waals surface area contributed by atoms with Crippen molar-refractivity contribution in [2.45, 2.75) is 25.3 Å². The van der Waals surface area contributed by atoms with Crippen LogP contribution >= 0.6 is 11.6 Å². The molecule has 1 amide bonds. The average molecular weight is 501 g/mol. The third kappa shape index (κ3) is 5.00. The Balaban J connectivity index is 1.69. The van der Waals surface area contributed by atoms with Crippen molar-refractivity contribution in [1.29, 1.82) is 0 Å². The van der Waals surface area contributed by atoms with Crippen LogP contribution in [0.15, 0.2) is 51.0 Å². The predicted molar refractivity (Wildman–Crippen MR) is 130 cm³/mol. The molecule has 2 N–H and O–H groups in total. The van der Waals surface area contributed by atoms with Gasteiger partial charge in [0.25, 0.3) is 5.56 Å². The number of nitrogens with zero attached hydrogens (tertiary/aromatic N) is 2. The number of halogens is 1. The number of aromatic nitrogens is 2. The SMILES string of the molecule is COC1=c2c([nH]c(=O)n(C3=NC(OC)C(OC)C=C3)c2=O)=CC(C(=O)NCc2cccc(Cl)c2)C1. The van der Waals surface area contributed by atoms with Crippen LogP contribution in [0.1, 0.15) is 12.0 Å². The van der Waals surface area contributed by atoms with Crippen molar-refractivity contribution in [1.82, 2.24) is 14.9 Å². The maximum atomic E-state index is 13.4. The molecule has 0 fully saturated rings. The summed E-state index contributed by atoms with van der Waals surface area (Å²) in [5.41, 5.74) is -0.459. The molecule has 1 aromatic carbocycles. The van der Waals surface area contributed by atoms with Gasteiger partial charge in [-0.1, -0.05) is 23.7 Å². The van der Waals surface area contributed by atoms with Crippen molar-refractivity contribution in [3.05, 3.63) is 78.4 Å². The molecule has 0 saturated carbocycles. The Labute approximate surface area is 205 Å². The number of dihydropyridines is 1. The van der Waals surface area contributed by atoms with Gasteiger partial charge in [-0.05, 0) is 35.9 Å². The van der Waals surface area contributed by atoms with Crippen LogP contribution in [0.25, 0.3) is 11.8 Å². The van der Waals surface area contributed by atoms with Gasteiger partial charge in [-0.3, -0.25) is 9.59 Å². The lowest BCUT2D eigenvalue weighted by atomic mass is 9.97. The van der Waals surface area contributed by atoms with Crippen LogP contribution in [-0.4, -0.2) is 55.0 Å². The molecule has 3 atom stereocenters. The smallest absolute Gasteiger partial charge is 0.334 e. The van der Waals surface area contributed by atoms with E-state index in [9.17, 15) is 14.4 Å². The zero-order chi connectivity index (χ0) is 25.1. The third-order valence-corrected chi connectivity index (χ3v) is 6.08. The molecule has 11 heteroatoms. The summed E-state index contributed by atoms with van der Waals surface area (Å²) in [5, 5.41) is 3.83. The number of amides is 1. The number of nitrogens with one attached hydrogen (secondary N) is 2. The summed E-state index contributed by atoms with van der Waals surface area (Å²) >= 11 is 6.00. The lowest BCUT2D eigenvalue weighted by Gasteiger charge is -2.23. The summed E-state index contributed by atoms with van der Waals surface area (Å²) in [4.78, 5) is 46.2. The summed E-state index contributed by atoms with van der Waals surface area (Å²) in [6.45, 7) is 0.284. The van der Waals surface area contributed by atoms with Crippen LogP contribution in [0.3, 0.4) is 0 Å². The van der Waals surface area contributed by atoms with Crippen molar-refractivity contribution in [2.24, 2.45) is 10.9 Å². The van der Waals surface area contributed by atoms with Gasteiger partial charge in [0.1, 0.15) is 22.9 Å². The molecule has 3 unspecified atom stereocenters. The highest BCUT2D eigenvalue weighted by atomic mass is 35.5. The maximum Gasteiger partial charge on any atom is 0.334 e. The molecule has 1 aromatic heterocycles. The Kier molecular flexibility index (Phi) is 7.34. The van der Waals surface area contributed by atoms with Crippen molar-refractivity contribution >= 4 is 35.2 Å². The largest absolute Gasteiger partial charge is 0.500 e. The van der Waals surface area contributed by atoms with Crippen LogP contribution in [-0.2, 0) is 25.5 Å². The molecule has 1 aliphatic heterocycles. The summed E-state index contributed by atoms with van der Waals surface area (Å²) in [7, 11) is 4.39. The first kappa shape index (κ1) is 24.6. The fraction of sp³-hybridized carbons (Fsp3) is 0.333. The van der Waals surface area contributed by atoms with Gasteiger partial charge in [0.15, 0.2) is 6.23 Å². The van der Waals surface area contributed by atoms with E-state index in [0.29, 0.717) is 10.8 Å². The first-order valence-corrected chi connectivity index (χ1v) is 11.2. The number of ether oxygens (including phenoxy) is 3. The Morgan fingerprint density at radius 3 is 2.74 bits per heavy atom. The van der Waals surface area contributed by atoms with E-state index in [1.54, 1.807) is 30.4 Å². The van der Waals surface area contributed by atoms with Crippen molar-refractivity contribution < 1.29 is 19.0 Å². The fourth-order valence-electron chi connectivity index (χ4n) is 4.08. The normalized spacial score (nSPS) is 21.1. The number of rotatable bonds is 6. The Hall–Kier alpha value is -3.47. The van der Waals surface area contributed by atoms with Gasteiger partial charge >= 0.3 is 5.69 Å². The molecule has 0 bridgehead atoms. The summed E-state index contributed by atoms with van der Waals surface area (Å²) in [5.74, 6) is -0.520. The maximum absolute atomic E-state index is 13.4. The second-order valence-electron chi connectivity index (χ2n) is 7.98. The Bertz CT molecular complexity index is 1440. The van der Waals surface area contributed by atoms with Crippen LogP contribution in [0, 0.1) is 5.92 Å². The highest BCUT2D eigenvalue weighted by Gasteiger charge is 2.27. The van der Waals surface area contributed by atoms with E-state index < -0.39 is 29.5 Å². The fourth-order valence-corrected chi connectivity index (χ4v) is 4.29. The van der Waals surface area contributed by atoms with E-state index in [1.165, 1.54) is 27.4 Å². The number of methoxy groups -OCH3 is 3. The minimum Gasteiger partial charge on any atom is -0.500 e. The molecule has 2 aromatic rings. The van der Waals surface area contributed by atoms with Crippen LogP contribution < -0.4 is 27.1 Å². The van der Waals surface area contributed by atoms with E-state index in [-0.39, 0.29) is 35.3 Å². The monoisotopic (exact) mass is 500 g/mol. The van der Waals surface area contributed by atoms with Gasteiger partial charge in [0.05, 0.1) is 18.4 Å². The topological polar surface area (TPSA) is 124 Å². The summed E-state index contributed by atoms with van der Waals surface area (Å²) in [6.07, 6.45) is 3.74. The number of benzene rings is 1. The van der Waals surface area contributed by atoms with Gasteiger partial charge in [-0.25, -0.2) is 14.4 Å². The minimum absolute atomic E-state index is 0.107. The number of H-pyrrole nitrogens is 1. The molecule has 2 heterocycles. The van der Waals surface area contributed by atoms with Crippen LogP contribution in [0.2, 0.25) is 5.02 Å². The number of aromatic amines is 1. The second-order valence-corrected chi connectivity index (χ2v) is 8.42. The highest BCUT2D eigenvalue weighted by Crippen LogP contribution is 2.17. The van der Waals surface area contributed by atoms with Crippen molar-refractivity contribution in [3.8, 4) is 0 Å². The summed E-state index contributed by atoms with van der Waals surface area (Å²) in [6, 6.07) is 7.17. The first-order valence-electron chi connectivity index (χ1n) is 10.8. The number of carbonyl (C=O) groups excluding carboxylic acids is 1. The zero-order valence-electron chi connectivity index (χ0n) is 19.4. The second kappa shape index (κ2) is 10.4. The molecule has 184 valence electrons. The number of hydrogen-bond donors (Lipinski definition) is 2. The number of carbonyl (C=O) groups is 1. The van der Waals surface area contributed by atoms with E-state index in [0.717, 1.165) is 10.1 Å². The molecule has 10 nitrogen and oxygen atoms in total. The molecular formula is C24H25ClN4O6. The molecule has 2 aliphatic rings. The Morgan fingerprint density at radius 2 is 2.06 bits per heavy atom. The molecular weight excluding hydrogens is 476 g/mol. The van der Waals surface area contributed by atoms with E-state index >= 15 is 0 Å². The molecule has 35 heavy (non-hydrogen) atoms. The van der Waals surface area contributed by atoms with Gasteiger partial charge < -0.3 is 24.5 Å². The predicted octanol–water partition coefficient (Wildman–Crippen LogP) is -0.135. The number of aliphatic imine (C=N–C) groups is 1. The van der Waals surface area contributed by atoms with Crippen molar-refractivity contribution in [2.75, 3.05) is 21.3 Å². The molecule has 0 radical (unpaired) electrons. The van der Waals surface area contributed by atoms with Gasteiger partial charge in [-0.2, -0.15) is 0 Å². The lowest BCUT2D eigenvalue weighted by Crippen LogP contribution is -2.58. The van der Waals surface area contributed by atoms with Crippen LogP contribution in [0.5, 0.6) is 0 Å². The summed E-state index contributed by atoms with van der Waals surface area (Å²) < 4.78 is 17.0. The average Bonchev–Trinajstić information content (AvgIpc) is 2.86.